The second-order valence-electron chi connectivity index (χ2n) is 2.88. The van der Waals surface area contributed by atoms with Crippen molar-refractivity contribution in [2.75, 3.05) is 14.1 Å². The molecule has 0 aliphatic rings. The fourth-order valence-corrected chi connectivity index (χ4v) is 0.965. The third-order valence-electron chi connectivity index (χ3n) is 1.38. The number of rotatable bonds is 2. The number of hydrogen-bond acceptors (Lipinski definition) is 2. The molecule has 2 nitrogen and oxygen atoms in total. The predicted octanol–water partition coefficient (Wildman–Crippen LogP) is 2.74. The van der Waals surface area contributed by atoms with Crippen LogP contribution in [-0.2, 0) is 6.54 Å². The molecule has 0 bridgehead atoms. The maximum absolute atomic E-state index is 5.42. The van der Waals surface area contributed by atoms with E-state index in [1.165, 1.54) is 0 Å². The Morgan fingerprint density at radius 1 is 1.29 bits per heavy atom. The minimum absolute atomic E-state index is 0.745. The Morgan fingerprint density at radius 2 is 1.93 bits per heavy atom. The van der Waals surface area contributed by atoms with Crippen molar-refractivity contribution in [2.24, 2.45) is 0 Å². The summed E-state index contributed by atoms with van der Waals surface area (Å²) in [5.41, 5.74) is 0. The van der Waals surface area contributed by atoms with Crippen LogP contribution in [0.3, 0.4) is 0 Å². The first-order chi connectivity index (χ1) is 6.72. The molecule has 1 aromatic rings. The molecule has 78 valence electrons. The Morgan fingerprint density at radius 3 is 2.43 bits per heavy atom. The zero-order valence-electron chi connectivity index (χ0n) is 9.72. The van der Waals surface area contributed by atoms with Gasteiger partial charge in [0.2, 0.25) is 0 Å². The molecule has 2 heteroatoms. The van der Waals surface area contributed by atoms with Crippen molar-refractivity contribution in [2.45, 2.75) is 27.3 Å². The van der Waals surface area contributed by atoms with Crippen LogP contribution in [0.4, 0.5) is 0 Å². The summed E-state index contributed by atoms with van der Waals surface area (Å²) in [7, 11) is 4.02. The smallest absolute Gasteiger partial charge is 0.177 e. The second-order valence-corrected chi connectivity index (χ2v) is 2.88. The monoisotopic (exact) mass is 193 g/mol. The second kappa shape index (κ2) is 7.23. The van der Waals surface area contributed by atoms with E-state index in [0.717, 1.165) is 18.1 Å². The van der Waals surface area contributed by atoms with Gasteiger partial charge < -0.3 is 9.32 Å². The number of nitrogens with zero attached hydrogens (tertiary/aromatic N) is 1. The first kappa shape index (κ1) is 12.8. The summed E-state index contributed by atoms with van der Waals surface area (Å²) >= 11 is 0. The molecule has 0 aromatic carbocycles. The highest BCUT2D eigenvalue weighted by Gasteiger charge is 1.99. The van der Waals surface area contributed by atoms with E-state index in [2.05, 4.69) is 16.7 Å². The standard InChI is InChI=1S/C10H13NO.C2H6/c1-4-5-9-6-7-10(12-9)8-11(2)3;1-2/h6-7H,8H2,1-3H3;1-2H3. The van der Waals surface area contributed by atoms with Crippen molar-refractivity contribution in [3.63, 3.8) is 0 Å². The largest absolute Gasteiger partial charge is 0.451 e. The quantitative estimate of drug-likeness (QED) is 0.671. The van der Waals surface area contributed by atoms with E-state index >= 15 is 0 Å². The summed E-state index contributed by atoms with van der Waals surface area (Å²) in [6.07, 6.45) is 0. The van der Waals surface area contributed by atoms with Gasteiger partial charge in [0.15, 0.2) is 5.76 Å². The lowest BCUT2D eigenvalue weighted by Crippen LogP contribution is -2.09. The Labute approximate surface area is 86.9 Å². The molecule has 1 heterocycles. The number of furan rings is 1. The molecule has 14 heavy (non-hydrogen) atoms. The first-order valence-corrected chi connectivity index (χ1v) is 4.88. The highest BCUT2D eigenvalue weighted by molar-refractivity contribution is 5.25. The molecule has 0 radical (unpaired) electrons. The van der Waals surface area contributed by atoms with Crippen LogP contribution in [0.25, 0.3) is 0 Å². The lowest BCUT2D eigenvalue weighted by atomic mass is 10.4. The van der Waals surface area contributed by atoms with Gasteiger partial charge in [-0.3, -0.25) is 0 Å². The van der Waals surface area contributed by atoms with Gasteiger partial charge in [0.25, 0.3) is 0 Å². The van der Waals surface area contributed by atoms with E-state index in [4.69, 9.17) is 4.42 Å². The SMILES string of the molecule is CC.CC#Cc1ccc(CN(C)C)o1. The van der Waals surface area contributed by atoms with Gasteiger partial charge in [-0.1, -0.05) is 19.8 Å². The van der Waals surface area contributed by atoms with Gasteiger partial charge in [-0.25, -0.2) is 0 Å². The number of hydrogen-bond donors (Lipinski definition) is 0. The highest BCUT2D eigenvalue weighted by atomic mass is 16.3. The van der Waals surface area contributed by atoms with Gasteiger partial charge in [-0.15, -0.1) is 0 Å². The molecular formula is C12H19NO. The molecule has 0 spiro atoms. The van der Waals surface area contributed by atoms with Gasteiger partial charge in [-0.2, -0.15) is 0 Å². The van der Waals surface area contributed by atoms with Crippen LogP contribution >= 0.6 is 0 Å². The van der Waals surface area contributed by atoms with Crippen molar-refractivity contribution in [3.05, 3.63) is 23.7 Å². The van der Waals surface area contributed by atoms with Gasteiger partial charge in [0, 0.05) is 0 Å². The van der Waals surface area contributed by atoms with E-state index < -0.39 is 0 Å². The minimum Gasteiger partial charge on any atom is -0.451 e. The van der Waals surface area contributed by atoms with Crippen molar-refractivity contribution in [1.82, 2.24) is 4.90 Å². The Balaban J connectivity index is 0.000000791. The zero-order chi connectivity index (χ0) is 11.0. The zero-order valence-corrected chi connectivity index (χ0v) is 9.72. The molecule has 0 saturated carbocycles. The van der Waals surface area contributed by atoms with Crippen LogP contribution in [0, 0.1) is 11.8 Å². The Hall–Kier alpha value is -1.20. The van der Waals surface area contributed by atoms with Gasteiger partial charge >= 0.3 is 0 Å². The summed E-state index contributed by atoms with van der Waals surface area (Å²) in [6.45, 7) is 6.62. The van der Waals surface area contributed by atoms with E-state index in [9.17, 15) is 0 Å². The average molecular weight is 193 g/mol. The fraction of sp³-hybridized carbons (Fsp3) is 0.500. The van der Waals surface area contributed by atoms with Crippen LogP contribution in [0.1, 0.15) is 32.3 Å². The molecule has 0 N–H and O–H groups in total. The average Bonchev–Trinajstić information content (AvgIpc) is 2.56. The highest BCUT2D eigenvalue weighted by Crippen LogP contribution is 2.07. The topological polar surface area (TPSA) is 16.4 Å². The van der Waals surface area contributed by atoms with E-state index in [0.29, 0.717) is 0 Å². The third kappa shape index (κ3) is 4.74. The van der Waals surface area contributed by atoms with E-state index in [1.807, 2.05) is 40.1 Å². The molecule has 0 unspecified atom stereocenters. The summed E-state index contributed by atoms with van der Waals surface area (Å²) in [4.78, 5) is 2.06. The van der Waals surface area contributed by atoms with Crippen molar-refractivity contribution >= 4 is 0 Å². The van der Waals surface area contributed by atoms with E-state index in [1.54, 1.807) is 6.92 Å². The van der Waals surface area contributed by atoms with Crippen molar-refractivity contribution in [3.8, 4) is 11.8 Å². The van der Waals surface area contributed by atoms with Crippen LogP contribution in [0.5, 0.6) is 0 Å². The molecule has 1 aromatic heterocycles. The normalized spacial score (nSPS) is 8.71. The first-order valence-electron chi connectivity index (χ1n) is 4.88. The molecule has 0 aliphatic carbocycles. The van der Waals surface area contributed by atoms with Crippen LogP contribution in [0.15, 0.2) is 16.5 Å². The fourth-order valence-electron chi connectivity index (χ4n) is 0.965. The lowest BCUT2D eigenvalue weighted by molar-refractivity contribution is 0.348. The molecule has 0 atom stereocenters. The maximum Gasteiger partial charge on any atom is 0.177 e. The Bertz CT molecular complexity index is 302. The summed E-state index contributed by atoms with van der Waals surface area (Å²) in [6, 6.07) is 3.86. The predicted molar refractivity (Wildman–Crippen MR) is 60.0 cm³/mol. The van der Waals surface area contributed by atoms with E-state index in [-0.39, 0.29) is 0 Å². The maximum atomic E-state index is 5.42. The van der Waals surface area contributed by atoms with Gasteiger partial charge in [0.1, 0.15) is 5.76 Å². The molecule has 0 fully saturated rings. The lowest BCUT2D eigenvalue weighted by Gasteiger charge is -2.04. The molecule has 1 rings (SSSR count). The third-order valence-corrected chi connectivity index (χ3v) is 1.38. The van der Waals surface area contributed by atoms with Gasteiger partial charge in [0.05, 0.1) is 6.54 Å². The molecule has 0 saturated heterocycles. The van der Waals surface area contributed by atoms with Crippen LogP contribution < -0.4 is 0 Å². The summed E-state index contributed by atoms with van der Waals surface area (Å²) in [5.74, 6) is 7.36. The molecule has 0 amide bonds. The van der Waals surface area contributed by atoms with Gasteiger partial charge in [-0.05, 0) is 39.1 Å². The van der Waals surface area contributed by atoms with Crippen molar-refractivity contribution in [1.29, 1.82) is 0 Å². The summed E-state index contributed by atoms with van der Waals surface area (Å²) in [5, 5.41) is 0. The molecule has 0 aliphatic heterocycles. The van der Waals surface area contributed by atoms with Crippen molar-refractivity contribution < 1.29 is 4.42 Å². The van der Waals surface area contributed by atoms with Crippen LogP contribution in [-0.4, -0.2) is 19.0 Å². The molecular weight excluding hydrogens is 174 g/mol. The Kier molecular flexibility index (Phi) is 6.61. The summed E-state index contributed by atoms with van der Waals surface area (Å²) < 4.78 is 5.42. The van der Waals surface area contributed by atoms with Crippen LogP contribution in [0.2, 0.25) is 0 Å². The minimum atomic E-state index is 0.745.